The number of carbonyl (C=O) groups excluding carboxylic acids is 2. The van der Waals surface area contributed by atoms with Gasteiger partial charge in [0.25, 0.3) is 5.91 Å². The Morgan fingerprint density at radius 2 is 1.85 bits per heavy atom. The van der Waals surface area contributed by atoms with Gasteiger partial charge in [-0.3, -0.25) is 9.59 Å². The van der Waals surface area contributed by atoms with Crippen molar-refractivity contribution in [1.29, 1.82) is 0 Å². The van der Waals surface area contributed by atoms with Crippen LogP contribution in [0.5, 0.6) is 0 Å². The molecule has 3 rings (SSSR count). The van der Waals surface area contributed by atoms with Crippen molar-refractivity contribution in [3.05, 3.63) is 64.8 Å². The van der Waals surface area contributed by atoms with Crippen molar-refractivity contribution in [3.63, 3.8) is 0 Å². The monoisotopic (exact) mass is 414 g/mol. The third-order valence-corrected chi connectivity index (χ3v) is 4.52. The maximum absolute atomic E-state index is 11.8. The molecule has 1 heterocycles. The number of amides is 1. The normalized spacial score (nSPS) is 10.7. The number of rotatable bonds is 7. The van der Waals surface area contributed by atoms with Crippen LogP contribution >= 0.6 is 15.9 Å². The van der Waals surface area contributed by atoms with E-state index in [1.165, 1.54) is 10.9 Å². The zero-order valence-corrected chi connectivity index (χ0v) is 15.7. The molecule has 26 heavy (non-hydrogen) atoms. The molecule has 0 radical (unpaired) electrons. The van der Waals surface area contributed by atoms with E-state index < -0.39 is 0 Å². The number of esters is 1. The molecule has 134 valence electrons. The molecule has 0 unspecified atom stereocenters. The van der Waals surface area contributed by atoms with Gasteiger partial charge < -0.3 is 15.0 Å². The lowest BCUT2D eigenvalue weighted by Gasteiger charge is -2.07. The maximum Gasteiger partial charge on any atom is 0.306 e. The van der Waals surface area contributed by atoms with Crippen molar-refractivity contribution in [2.45, 2.75) is 19.3 Å². The number of aromatic nitrogens is 1. The number of nitrogens with one attached hydrogen (secondary N) is 2. The Morgan fingerprint density at radius 3 is 2.65 bits per heavy atom. The van der Waals surface area contributed by atoms with Gasteiger partial charge in [-0.1, -0.05) is 34.1 Å². The molecule has 2 N–H and O–H groups in total. The molecule has 0 saturated heterocycles. The van der Waals surface area contributed by atoms with Crippen LogP contribution in [0.25, 0.3) is 10.9 Å². The van der Waals surface area contributed by atoms with Gasteiger partial charge in [0.15, 0.2) is 6.61 Å². The Balaban J connectivity index is 1.38. The average Bonchev–Trinajstić information content (AvgIpc) is 3.05. The molecule has 0 aliphatic rings. The van der Waals surface area contributed by atoms with Crippen molar-refractivity contribution < 1.29 is 14.3 Å². The molecule has 3 aromatic rings. The Labute approximate surface area is 159 Å². The standard InChI is InChI=1S/C20H19BrN2O3/c21-15-8-10-16(11-9-15)23-19(24)13-26-20(25)7-3-4-14-12-22-18-6-2-1-5-17(14)18/h1-2,5-6,8-12,22H,3-4,7,13H2,(H,23,24). The molecule has 0 atom stereocenters. The summed E-state index contributed by atoms with van der Waals surface area (Å²) in [5.74, 6) is -0.715. The van der Waals surface area contributed by atoms with Crippen LogP contribution in [0.3, 0.4) is 0 Å². The fourth-order valence-electron chi connectivity index (χ4n) is 2.71. The van der Waals surface area contributed by atoms with Gasteiger partial charge in [-0.15, -0.1) is 0 Å². The number of benzene rings is 2. The smallest absolute Gasteiger partial charge is 0.306 e. The topological polar surface area (TPSA) is 71.2 Å². The second-order valence-electron chi connectivity index (χ2n) is 5.93. The summed E-state index contributed by atoms with van der Waals surface area (Å²) in [6, 6.07) is 15.3. The minimum absolute atomic E-state index is 0.276. The van der Waals surface area contributed by atoms with E-state index in [9.17, 15) is 9.59 Å². The number of halogens is 1. The minimum Gasteiger partial charge on any atom is -0.456 e. The molecule has 1 aromatic heterocycles. The quantitative estimate of drug-likeness (QED) is 0.561. The summed E-state index contributed by atoms with van der Waals surface area (Å²) in [5.41, 5.74) is 2.93. The molecule has 0 bridgehead atoms. The molecule has 6 heteroatoms. The largest absolute Gasteiger partial charge is 0.456 e. The Morgan fingerprint density at radius 1 is 1.08 bits per heavy atom. The van der Waals surface area contributed by atoms with E-state index in [0.717, 1.165) is 16.4 Å². The molecule has 0 spiro atoms. The van der Waals surface area contributed by atoms with Crippen molar-refractivity contribution in [2.75, 3.05) is 11.9 Å². The first-order valence-corrected chi connectivity index (χ1v) is 9.17. The highest BCUT2D eigenvalue weighted by molar-refractivity contribution is 9.10. The van der Waals surface area contributed by atoms with E-state index in [2.05, 4.69) is 32.3 Å². The number of carbonyl (C=O) groups is 2. The molecule has 2 aromatic carbocycles. The lowest BCUT2D eigenvalue weighted by molar-refractivity contribution is -0.147. The second-order valence-corrected chi connectivity index (χ2v) is 6.84. The van der Waals surface area contributed by atoms with Crippen LogP contribution in [0.1, 0.15) is 18.4 Å². The predicted octanol–water partition coefficient (Wildman–Crippen LogP) is 4.44. The van der Waals surface area contributed by atoms with E-state index in [-0.39, 0.29) is 24.9 Å². The van der Waals surface area contributed by atoms with Gasteiger partial charge in [0.05, 0.1) is 0 Å². The zero-order chi connectivity index (χ0) is 18.4. The fourth-order valence-corrected chi connectivity index (χ4v) is 2.97. The Bertz CT molecular complexity index is 903. The van der Waals surface area contributed by atoms with Crippen LogP contribution in [0.15, 0.2) is 59.2 Å². The predicted molar refractivity (Wildman–Crippen MR) is 105 cm³/mol. The van der Waals surface area contributed by atoms with Crippen LogP contribution in [-0.2, 0) is 20.7 Å². The van der Waals surface area contributed by atoms with Gasteiger partial charge in [0, 0.05) is 33.7 Å². The van der Waals surface area contributed by atoms with Crippen LogP contribution in [0.2, 0.25) is 0 Å². The number of hydrogen-bond acceptors (Lipinski definition) is 3. The first kappa shape index (κ1) is 18.2. The number of hydrogen-bond donors (Lipinski definition) is 2. The van der Waals surface area contributed by atoms with Gasteiger partial charge in [-0.25, -0.2) is 0 Å². The first-order chi connectivity index (χ1) is 12.6. The number of aryl methyl sites for hydroxylation is 1. The van der Waals surface area contributed by atoms with Crippen molar-refractivity contribution in [3.8, 4) is 0 Å². The van der Waals surface area contributed by atoms with Crippen molar-refractivity contribution in [1.82, 2.24) is 4.98 Å². The summed E-state index contributed by atoms with van der Waals surface area (Å²) in [7, 11) is 0. The third kappa shape index (κ3) is 4.95. The zero-order valence-electron chi connectivity index (χ0n) is 14.1. The summed E-state index contributed by atoms with van der Waals surface area (Å²) in [5, 5.41) is 3.86. The number of aromatic amines is 1. The van der Waals surface area contributed by atoms with E-state index in [4.69, 9.17) is 4.74 Å². The SMILES string of the molecule is O=C(COC(=O)CCCc1c[nH]c2ccccc12)Nc1ccc(Br)cc1. The van der Waals surface area contributed by atoms with Gasteiger partial charge >= 0.3 is 5.97 Å². The minimum atomic E-state index is -0.365. The molecule has 0 fully saturated rings. The number of H-pyrrole nitrogens is 1. The number of ether oxygens (including phenoxy) is 1. The van der Waals surface area contributed by atoms with E-state index in [1.807, 2.05) is 36.5 Å². The van der Waals surface area contributed by atoms with Crippen molar-refractivity contribution in [2.24, 2.45) is 0 Å². The number of anilines is 1. The Hall–Kier alpha value is -2.60. The van der Waals surface area contributed by atoms with Gasteiger partial charge in [0.2, 0.25) is 0 Å². The molecule has 0 aliphatic heterocycles. The van der Waals surface area contributed by atoms with Crippen molar-refractivity contribution >= 4 is 44.4 Å². The summed E-state index contributed by atoms with van der Waals surface area (Å²) >= 11 is 3.33. The molecule has 1 amide bonds. The third-order valence-electron chi connectivity index (χ3n) is 3.99. The summed E-state index contributed by atoms with van der Waals surface area (Å²) in [6.07, 6.45) is 3.71. The van der Waals surface area contributed by atoms with Crippen LogP contribution < -0.4 is 5.32 Å². The Kier molecular flexibility index (Phi) is 6.07. The number of fused-ring (bicyclic) bond motifs is 1. The average molecular weight is 415 g/mol. The highest BCUT2D eigenvalue weighted by atomic mass is 79.9. The molecule has 5 nitrogen and oxygen atoms in total. The fraction of sp³-hybridized carbons (Fsp3) is 0.200. The lowest BCUT2D eigenvalue weighted by Crippen LogP contribution is -2.20. The van der Waals surface area contributed by atoms with E-state index in [0.29, 0.717) is 12.1 Å². The van der Waals surface area contributed by atoms with Crippen LogP contribution in [0, 0.1) is 0 Å². The highest BCUT2D eigenvalue weighted by Gasteiger charge is 2.09. The van der Waals surface area contributed by atoms with Gasteiger partial charge in [-0.2, -0.15) is 0 Å². The molecule has 0 saturated carbocycles. The summed E-state index contributed by atoms with van der Waals surface area (Å²) in [6.45, 7) is -0.276. The van der Waals surface area contributed by atoms with Crippen LogP contribution in [-0.4, -0.2) is 23.5 Å². The van der Waals surface area contributed by atoms with E-state index >= 15 is 0 Å². The second kappa shape index (κ2) is 8.67. The summed E-state index contributed by atoms with van der Waals surface area (Å²) in [4.78, 5) is 26.8. The summed E-state index contributed by atoms with van der Waals surface area (Å²) < 4.78 is 5.97. The first-order valence-electron chi connectivity index (χ1n) is 8.38. The molecular formula is C20H19BrN2O3. The molecule has 0 aliphatic carbocycles. The number of para-hydroxylation sites is 1. The van der Waals surface area contributed by atoms with Crippen LogP contribution in [0.4, 0.5) is 5.69 Å². The van der Waals surface area contributed by atoms with Gasteiger partial charge in [0.1, 0.15) is 0 Å². The van der Waals surface area contributed by atoms with Gasteiger partial charge in [-0.05, 0) is 48.7 Å². The lowest BCUT2D eigenvalue weighted by atomic mass is 10.1. The van der Waals surface area contributed by atoms with E-state index in [1.54, 1.807) is 12.1 Å². The molecular weight excluding hydrogens is 396 g/mol. The highest BCUT2D eigenvalue weighted by Crippen LogP contribution is 2.19. The maximum atomic E-state index is 11.8.